The molecule has 18 heavy (non-hydrogen) atoms. The molecule has 100 valence electrons. The first-order valence-electron chi connectivity index (χ1n) is 7.10. The molecule has 2 atom stereocenters. The third-order valence-electron chi connectivity index (χ3n) is 4.28. The van der Waals surface area contributed by atoms with Crippen molar-refractivity contribution in [1.82, 2.24) is 19.7 Å². The van der Waals surface area contributed by atoms with Gasteiger partial charge in [0, 0.05) is 19.5 Å². The lowest BCUT2D eigenvalue weighted by molar-refractivity contribution is 0.206. The van der Waals surface area contributed by atoms with Crippen molar-refractivity contribution in [3.05, 3.63) is 11.6 Å². The van der Waals surface area contributed by atoms with Gasteiger partial charge in [-0.3, -0.25) is 0 Å². The Morgan fingerprint density at radius 1 is 1.22 bits per heavy atom. The Labute approximate surface area is 108 Å². The van der Waals surface area contributed by atoms with E-state index in [0.717, 1.165) is 43.4 Å². The van der Waals surface area contributed by atoms with Crippen LogP contribution in [0.2, 0.25) is 0 Å². The lowest BCUT2D eigenvalue weighted by Crippen LogP contribution is -2.33. The second-order valence-electron chi connectivity index (χ2n) is 5.85. The molecule has 0 aliphatic carbocycles. The van der Waals surface area contributed by atoms with Crippen LogP contribution in [0.1, 0.15) is 43.4 Å². The summed E-state index contributed by atoms with van der Waals surface area (Å²) in [5, 5.41) is 8.68. The van der Waals surface area contributed by atoms with Crippen molar-refractivity contribution in [3.63, 3.8) is 0 Å². The van der Waals surface area contributed by atoms with Crippen molar-refractivity contribution in [2.24, 2.45) is 11.7 Å². The molecular formula is C13H23N5. The van der Waals surface area contributed by atoms with Crippen molar-refractivity contribution >= 4 is 0 Å². The fourth-order valence-electron chi connectivity index (χ4n) is 3.31. The smallest absolute Gasteiger partial charge is 0.149 e. The van der Waals surface area contributed by atoms with Crippen molar-refractivity contribution in [2.75, 3.05) is 20.1 Å². The molecule has 1 fully saturated rings. The largest absolute Gasteiger partial charge is 0.321 e. The number of piperidine rings is 1. The zero-order chi connectivity index (χ0) is 12.5. The molecule has 1 aromatic rings. The molecular weight excluding hydrogens is 226 g/mol. The average Bonchev–Trinajstić information content (AvgIpc) is 2.74. The summed E-state index contributed by atoms with van der Waals surface area (Å²) in [6.07, 6.45) is 5.89. The molecule has 2 unspecified atom stereocenters. The van der Waals surface area contributed by atoms with Gasteiger partial charge in [0.2, 0.25) is 0 Å². The minimum absolute atomic E-state index is 0.0917. The predicted molar refractivity (Wildman–Crippen MR) is 70.1 cm³/mol. The van der Waals surface area contributed by atoms with E-state index < -0.39 is 0 Å². The number of fused-ring (bicyclic) bond motifs is 1. The summed E-state index contributed by atoms with van der Waals surface area (Å²) in [5.74, 6) is 2.89. The highest BCUT2D eigenvalue weighted by Gasteiger charge is 2.25. The van der Waals surface area contributed by atoms with Gasteiger partial charge in [-0.15, -0.1) is 10.2 Å². The third-order valence-corrected chi connectivity index (χ3v) is 4.28. The highest BCUT2D eigenvalue weighted by atomic mass is 15.3. The maximum absolute atomic E-state index is 6.08. The molecule has 2 aliphatic rings. The SMILES string of the molecule is CN1CCCC(Cc2nnc3n2CCCC3N)C1. The van der Waals surface area contributed by atoms with E-state index in [0.29, 0.717) is 0 Å². The monoisotopic (exact) mass is 249 g/mol. The van der Waals surface area contributed by atoms with Crippen LogP contribution in [0.5, 0.6) is 0 Å². The van der Waals surface area contributed by atoms with Crippen LogP contribution in [0.3, 0.4) is 0 Å². The Morgan fingerprint density at radius 2 is 2.06 bits per heavy atom. The topological polar surface area (TPSA) is 60.0 Å². The highest BCUT2D eigenvalue weighted by Crippen LogP contribution is 2.25. The number of rotatable bonds is 2. The van der Waals surface area contributed by atoms with Gasteiger partial charge in [0.25, 0.3) is 0 Å². The van der Waals surface area contributed by atoms with E-state index in [1.807, 2.05) is 0 Å². The van der Waals surface area contributed by atoms with E-state index in [4.69, 9.17) is 5.73 Å². The van der Waals surface area contributed by atoms with Gasteiger partial charge in [-0.25, -0.2) is 0 Å². The number of hydrogen-bond donors (Lipinski definition) is 1. The number of likely N-dealkylation sites (tertiary alicyclic amines) is 1. The Kier molecular flexibility index (Phi) is 3.35. The number of aromatic nitrogens is 3. The summed E-state index contributed by atoms with van der Waals surface area (Å²) in [6, 6.07) is 0.0917. The second-order valence-corrected chi connectivity index (χ2v) is 5.85. The van der Waals surface area contributed by atoms with Crippen LogP contribution in [-0.4, -0.2) is 39.8 Å². The molecule has 1 aromatic heterocycles. The lowest BCUT2D eigenvalue weighted by Gasteiger charge is -2.29. The van der Waals surface area contributed by atoms with Crippen LogP contribution >= 0.6 is 0 Å². The standard InChI is InChI=1S/C13H23N5/c1-17-6-2-4-10(9-17)8-12-15-16-13-11(14)5-3-7-18(12)13/h10-11H,2-9,14H2,1H3. The van der Waals surface area contributed by atoms with Crippen LogP contribution in [0, 0.1) is 5.92 Å². The number of nitrogens with two attached hydrogens (primary N) is 1. The lowest BCUT2D eigenvalue weighted by atomic mass is 9.94. The first-order chi connectivity index (χ1) is 8.74. The molecule has 0 saturated carbocycles. The van der Waals surface area contributed by atoms with E-state index in [-0.39, 0.29) is 6.04 Å². The summed E-state index contributed by atoms with van der Waals surface area (Å²) in [5.41, 5.74) is 6.08. The Morgan fingerprint density at radius 3 is 2.89 bits per heavy atom. The van der Waals surface area contributed by atoms with Crippen LogP contribution < -0.4 is 5.73 Å². The average molecular weight is 249 g/mol. The molecule has 0 aromatic carbocycles. The predicted octanol–water partition coefficient (Wildman–Crippen LogP) is 0.956. The maximum Gasteiger partial charge on any atom is 0.149 e. The van der Waals surface area contributed by atoms with E-state index in [9.17, 15) is 0 Å². The first kappa shape index (κ1) is 12.1. The summed E-state index contributed by atoms with van der Waals surface area (Å²) < 4.78 is 2.27. The summed E-state index contributed by atoms with van der Waals surface area (Å²) >= 11 is 0. The molecule has 2 aliphatic heterocycles. The van der Waals surface area contributed by atoms with Gasteiger partial charge >= 0.3 is 0 Å². The van der Waals surface area contributed by atoms with E-state index in [1.54, 1.807) is 0 Å². The highest BCUT2D eigenvalue weighted by molar-refractivity contribution is 5.04. The molecule has 0 amide bonds. The minimum Gasteiger partial charge on any atom is -0.321 e. The molecule has 0 spiro atoms. The van der Waals surface area contributed by atoms with E-state index in [1.165, 1.54) is 25.9 Å². The second kappa shape index (κ2) is 4.97. The van der Waals surface area contributed by atoms with Crippen molar-refractivity contribution in [3.8, 4) is 0 Å². The Bertz CT molecular complexity index is 414. The van der Waals surface area contributed by atoms with Crippen molar-refractivity contribution < 1.29 is 0 Å². The molecule has 5 heteroatoms. The molecule has 5 nitrogen and oxygen atoms in total. The van der Waals surface area contributed by atoms with Crippen LogP contribution in [0.15, 0.2) is 0 Å². The molecule has 1 saturated heterocycles. The van der Waals surface area contributed by atoms with Crippen molar-refractivity contribution in [1.29, 1.82) is 0 Å². The molecule has 2 N–H and O–H groups in total. The molecule has 0 bridgehead atoms. The van der Waals surface area contributed by atoms with Gasteiger partial charge in [-0.2, -0.15) is 0 Å². The molecule has 3 rings (SSSR count). The normalized spacial score (nSPS) is 29.2. The van der Waals surface area contributed by atoms with Crippen molar-refractivity contribution in [2.45, 2.75) is 44.7 Å². The molecule has 3 heterocycles. The maximum atomic E-state index is 6.08. The van der Waals surface area contributed by atoms with Gasteiger partial charge < -0.3 is 15.2 Å². The van der Waals surface area contributed by atoms with Gasteiger partial charge in [0.05, 0.1) is 6.04 Å². The van der Waals surface area contributed by atoms with Crippen LogP contribution in [0.25, 0.3) is 0 Å². The molecule has 0 radical (unpaired) electrons. The summed E-state index contributed by atoms with van der Waals surface area (Å²) in [4.78, 5) is 2.42. The summed E-state index contributed by atoms with van der Waals surface area (Å²) in [6.45, 7) is 3.47. The fourth-order valence-corrected chi connectivity index (χ4v) is 3.31. The van der Waals surface area contributed by atoms with E-state index in [2.05, 4.69) is 26.7 Å². The van der Waals surface area contributed by atoms with Gasteiger partial charge in [-0.1, -0.05) is 0 Å². The zero-order valence-corrected chi connectivity index (χ0v) is 11.2. The van der Waals surface area contributed by atoms with Gasteiger partial charge in [0.1, 0.15) is 11.6 Å². The Hall–Kier alpha value is -0.940. The zero-order valence-electron chi connectivity index (χ0n) is 11.2. The third kappa shape index (κ3) is 2.29. The number of nitrogens with zero attached hydrogens (tertiary/aromatic N) is 4. The van der Waals surface area contributed by atoms with E-state index >= 15 is 0 Å². The number of hydrogen-bond acceptors (Lipinski definition) is 4. The fraction of sp³-hybridized carbons (Fsp3) is 0.846. The first-order valence-corrected chi connectivity index (χ1v) is 7.10. The van der Waals surface area contributed by atoms with Crippen LogP contribution in [0.4, 0.5) is 0 Å². The summed E-state index contributed by atoms with van der Waals surface area (Å²) in [7, 11) is 2.21. The quantitative estimate of drug-likeness (QED) is 0.848. The van der Waals surface area contributed by atoms with Gasteiger partial charge in [-0.05, 0) is 45.2 Å². The van der Waals surface area contributed by atoms with Crippen LogP contribution in [-0.2, 0) is 13.0 Å². The minimum atomic E-state index is 0.0917. The van der Waals surface area contributed by atoms with Gasteiger partial charge in [0.15, 0.2) is 0 Å². The Balaban J connectivity index is 1.73.